The van der Waals surface area contributed by atoms with E-state index in [0.29, 0.717) is 12.5 Å². The van der Waals surface area contributed by atoms with Gasteiger partial charge in [0, 0.05) is 17.4 Å². The van der Waals surface area contributed by atoms with Gasteiger partial charge in [0.05, 0.1) is 12.8 Å². The maximum atomic E-state index is 5.33. The van der Waals surface area contributed by atoms with Gasteiger partial charge in [-0.2, -0.15) is 4.98 Å². The molecule has 0 aliphatic carbocycles. The van der Waals surface area contributed by atoms with Crippen LogP contribution in [0.4, 0.5) is 17.5 Å². The molecule has 0 radical (unpaired) electrons. The molecule has 0 aliphatic heterocycles. The molecule has 0 unspecified atom stereocenters. The molecule has 0 saturated carbocycles. The minimum Gasteiger partial charge on any atom is -0.467 e. The fraction of sp³-hybridized carbons (Fsp3) is 0.300. The van der Waals surface area contributed by atoms with Crippen molar-refractivity contribution in [1.29, 1.82) is 0 Å². The molecule has 0 saturated heterocycles. The zero-order valence-electron chi connectivity index (χ0n) is 15.1. The maximum absolute atomic E-state index is 5.33. The number of anilines is 3. The Morgan fingerprint density at radius 2 is 1.84 bits per heavy atom. The molecule has 5 heteroatoms. The van der Waals surface area contributed by atoms with Crippen LogP contribution in [0.15, 0.2) is 53.1 Å². The highest BCUT2D eigenvalue weighted by atomic mass is 16.3. The van der Waals surface area contributed by atoms with Crippen molar-refractivity contribution in [3.05, 3.63) is 65.7 Å². The molecule has 2 N–H and O–H groups in total. The third-order valence-corrected chi connectivity index (χ3v) is 3.85. The van der Waals surface area contributed by atoms with Crippen LogP contribution in [0.3, 0.4) is 0 Å². The van der Waals surface area contributed by atoms with E-state index in [-0.39, 0.29) is 5.41 Å². The Kier molecular flexibility index (Phi) is 4.74. The van der Waals surface area contributed by atoms with Crippen molar-refractivity contribution in [3.8, 4) is 0 Å². The molecular formula is C20H24N4O. The van der Waals surface area contributed by atoms with E-state index in [1.165, 1.54) is 5.56 Å². The summed E-state index contributed by atoms with van der Waals surface area (Å²) in [6, 6.07) is 14.0. The van der Waals surface area contributed by atoms with Crippen molar-refractivity contribution >= 4 is 17.5 Å². The molecule has 0 aliphatic rings. The number of aromatic nitrogens is 2. The maximum Gasteiger partial charge on any atom is 0.225 e. The zero-order chi connectivity index (χ0) is 17.9. The molecule has 0 fully saturated rings. The predicted molar refractivity (Wildman–Crippen MR) is 101 cm³/mol. The van der Waals surface area contributed by atoms with Gasteiger partial charge < -0.3 is 15.1 Å². The van der Waals surface area contributed by atoms with Crippen molar-refractivity contribution in [1.82, 2.24) is 9.97 Å². The molecule has 3 aromatic rings. The first kappa shape index (κ1) is 17.0. The first-order valence-corrected chi connectivity index (χ1v) is 8.40. The second kappa shape index (κ2) is 6.97. The van der Waals surface area contributed by atoms with Crippen molar-refractivity contribution in [2.75, 3.05) is 10.6 Å². The number of rotatable bonds is 5. The summed E-state index contributed by atoms with van der Waals surface area (Å²) in [6.45, 7) is 9.12. The van der Waals surface area contributed by atoms with Crippen LogP contribution in [-0.4, -0.2) is 9.97 Å². The lowest BCUT2D eigenvalue weighted by Crippen LogP contribution is -2.14. The Hall–Kier alpha value is -2.82. The summed E-state index contributed by atoms with van der Waals surface area (Å²) in [6.07, 6.45) is 1.66. The summed E-state index contributed by atoms with van der Waals surface area (Å²) in [5.41, 5.74) is 3.25. The smallest absolute Gasteiger partial charge is 0.225 e. The van der Waals surface area contributed by atoms with E-state index in [1.807, 2.05) is 31.2 Å². The van der Waals surface area contributed by atoms with Crippen molar-refractivity contribution in [2.45, 2.75) is 39.7 Å². The van der Waals surface area contributed by atoms with Gasteiger partial charge in [-0.25, -0.2) is 4.98 Å². The van der Waals surface area contributed by atoms with Crippen LogP contribution in [0, 0.1) is 6.92 Å². The van der Waals surface area contributed by atoms with Crippen LogP contribution in [0.1, 0.15) is 37.8 Å². The van der Waals surface area contributed by atoms with Crippen LogP contribution in [0.25, 0.3) is 0 Å². The van der Waals surface area contributed by atoms with Crippen LogP contribution in [0.2, 0.25) is 0 Å². The molecule has 5 nitrogen and oxygen atoms in total. The average molecular weight is 336 g/mol. The SMILES string of the molecule is Cc1cc(Nc2ccccc2C(C)(C)C)nc(NCc2ccco2)n1. The molecule has 3 rings (SSSR count). The Labute approximate surface area is 148 Å². The molecule has 0 atom stereocenters. The van der Waals surface area contributed by atoms with Gasteiger partial charge in [0.1, 0.15) is 11.6 Å². The lowest BCUT2D eigenvalue weighted by atomic mass is 9.86. The standard InChI is InChI=1S/C20H24N4O/c1-14-12-18(23-17-10-6-5-9-16(17)20(2,3)4)24-19(22-14)21-13-15-8-7-11-25-15/h5-12H,13H2,1-4H3,(H2,21,22,23,24). The van der Waals surface area contributed by atoms with Crippen molar-refractivity contribution < 1.29 is 4.42 Å². The summed E-state index contributed by atoms with van der Waals surface area (Å²) >= 11 is 0. The van der Waals surface area contributed by atoms with Gasteiger partial charge in [-0.1, -0.05) is 39.0 Å². The number of hydrogen-bond donors (Lipinski definition) is 2. The number of benzene rings is 1. The first-order valence-electron chi connectivity index (χ1n) is 8.40. The first-order chi connectivity index (χ1) is 11.9. The van der Waals surface area contributed by atoms with Gasteiger partial charge in [-0.3, -0.25) is 0 Å². The van der Waals surface area contributed by atoms with E-state index in [4.69, 9.17) is 4.42 Å². The molecule has 2 heterocycles. The molecule has 130 valence electrons. The highest BCUT2D eigenvalue weighted by Gasteiger charge is 2.17. The van der Waals surface area contributed by atoms with Gasteiger partial charge in [0.25, 0.3) is 0 Å². The third kappa shape index (κ3) is 4.38. The molecular weight excluding hydrogens is 312 g/mol. The molecule has 2 aromatic heterocycles. The molecule has 0 spiro atoms. The van der Waals surface area contributed by atoms with Crippen LogP contribution in [-0.2, 0) is 12.0 Å². The highest BCUT2D eigenvalue weighted by Crippen LogP contribution is 2.31. The Bertz CT molecular complexity index is 835. The van der Waals surface area contributed by atoms with E-state index in [0.717, 1.165) is 23.0 Å². The molecule has 25 heavy (non-hydrogen) atoms. The lowest BCUT2D eigenvalue weighted by molar-refractivity contribution is 0.517. The van der Waals surface area contributed by atoms with E-state index >= 15 is 0 Å². The number of furan rings is 1. The van der Waals surface area contributed by atoms with Gasteiger partial charge >= 0.3 is 0 Å². The zero-order valence-corrected chi connectivity index (χ0v) is 15.1. The second-order valence-electron chi connectivity index (χ2n) is 7.07. The fourth-order valence-electron chi connectivity index (χ4n) is 2.68. The van der Waals surface area contributed by atoms with E-state index in [2.05, 4.69) is 59.6 Å². The monoisotopic (exact) mass is 336 g/mol. The summed E-state index contributed by atoms with van der Waals surface area (Å²) < 4.78 is 5.33. The van der Waals surface area contributed by atoms with Crippen LogP contribution >= 0.6 is 0 Å². The molecule has 1 aromatic carbocycles. The number of nitrogens with zero attached hydrogens (tertiary/aromatic N) is 2. The second-order valence-corrected chi connectivity index (χ2v) is 7.07. The van der Waals surface area contributed by atoms with E-state index < -0.39 is 0 Å². The number of hydrogen-bond acceptors (Lipinski definition) is 5. The minimum atomic E-state index is 0.0477. The summed E-state index contributed by atoms with van der Waals surface area (Å²) in [5.74, 6) is 2.19. The minimum absolute atomic E-state index is 0.0477. The molecule has 0 bridgehead atoms. The normalized spacial score (nSPS) is 11.4. The number of para-hydroxylation sites is 1. The van der Waals surface area contributed by atoms with Crippen LogP contribution in [0.5, 0.6) is 0 Å². The summed E-state index contributed by atoms with van der Waals surface area (Å²) in [5, 5.41) is 6.64. The quantitative estimate of drug-likeness (QED) is 0.684. The topological polar surface area (TPSA) is 63.0 Å². The average Bonchev–Trinajstić information content (AvgIpc) is 3.05. The predicted octanol–water partition coefficient (Wildman–Crippen LogP) is 5.03. The van der Waals surface area contributed by atoms with Gasteiger partial charge in [0.15, 0.2) is 0 Å². The summed E-state index contributed by atoms with van der Waals surface area (Å²) in [4.78, 5) is 9.02. The lowest BCUT2D eigenvalue weighted by Gasteiger charge is -2.23. The van der Waals surface area contributed by atoms with E-state index in [1.54, 1.807) is 6.26 Å². The Morgan fingerprint density at radius 3 is 2.56 bits per heavy atom. The van der Waals surface area contributed by atoms with Crippen molar-refractivity contribution in [3.63, 3.8) is 0 Å². The van der Waals surface area contributed by atoms with Crippen LogP contribution < -0.4 is 10.6 Å². The largest absolute Gasteiger partial charge is 0.467 e. The fourth-order valence-corrected chi connectivity index (χ4v) is 2.68. The van der Waals surface area contributed by atoms with E-state index in [9.17, 15) is 0 Å². The Balaban J connectivity index is 1.81. The highest BCUT2D eigenvalue weighted by molar-refractivity contribution is 5.63. The molecule has 0 amide bonds. The van der Waals surface area contributed by atoms with Gasteiger partial charge in [0.2, 0.25) is 5.95 Å². The summed E-state index contributed by atoms with van der Waals surface area (Å²) in [7, 11) is 0. The number of aryl methyl sites for hydroxylation is 1. The third-order valence-electron chi connectivity index (χ3n) is 3.85. The van der Waals surface area contributed by atoms with Gasteiger partial charge in [-0.05, 0) is 36.1 Å². The number of nitrogens with one attached hydrogen (secondary N) is 2. The van der Waals surface area contributed by atoms with Crippen molar-refractivity contribution in [2.24, 2.45) is 0 Å². The van der Waals surface area contributed by atoms with Gasteiger partial charge in [-0.15, -0.1) is 0 Å². The Morgan fingerprint density at radius 1 is 1.04 bits per heavy atom.